The SMILES string of the molecule is CC(C)[C@H](Sc1ncccn1)C(=O)O. The number of hydrogen-bond acceptors (Lipinski definition) is 4. The third-order valence-corrected chi connectivity index (χ3v) is 3.04. The summed E-state index contributed by atoms with van der Waals surface area (Å²) in [5, 5.41) is 8.95. The fourth-order valence-electron chi connectivity index (χ4n) is 0.931. The molecule has 0 aliphatic rings. The molecule has 0 aliphatic carbocycles. The molecule has 0 unspecified atom stereocenters. The number of nitrogens with zero attached hydrogens (tertiary/aromatic N) is 2. The van der Waals surface area contributed by atoms with E-state index in [-0.39, 0.29) is 5.92 Å². The Morgan fingerprint density at radius 2 is 2.00 bits per heavy atom. The molecule has 0 bridgehead atoms. The quantitative estimate of drug-likeness (QED) is 0.607. The average molecular weight is 212 g/mol. The Balaban J connectivity index is 2.70. The maximum atomic E-state index is 10.9. The van der Waals surface area contributed by atoms with Crippen LogP contribution >= 0.6 is 11.8 Å². The molecular weight excluding hydrogens is 200 g/mol. The van der Waals surface area contributed by atoms with Crippen LogP contribution in [0.25, 0.3) is 0 Å². The summed E-state index contributed by atoms with van der Waals surface area (Å²) >= 11 is 1.18. The topological polar surface area (TPSA) is 63.1 Å². The van der Waals surface area contributed by atoms with Gasteiger partial charge in [0.2, 0.25) is 0 Å². The normalized spacial score (nSPS) is 12.8. The second-order valence-corrected chi connectivity index (χ2v) is 4.26. The number of aliphatic carboxylic acids is 1. The number of carbonyl (C=O) groups is 1. The lowest BCUT2D eigenvalue weighted by Crippen LogP contribution is -2.22. The van der Waals surface area contributed by atoms with Crippen LogP contribution < -0.4 is 0 Å². The van der Waals surface area contributed by atoms with Gasteiger partial charge in [0.1, 0.15) is 5.25 Å². The van der Waals surface area contributed by atoms with Crippen molar-refractivity contribution in [1.82, 2.24) is 9.97 Å². The standard InChI is InChI=1S/C9H12N2O2S/c1-6(2)7(8(12)13)14-9-10-4-3-5-11-9/h3-7H,1-2H3,(H,12,13)/t7-/m0/s1. The van der Waals surface area contributed by atoms with Gasteiger partial charge in [0.25, 0.3) is 0 Å². The van der Waals surface area contributed by atoms with Gasteiger partial charge in [-0.05, 0) is 12.0 Å². The van der Waals surface area contributed by atoms with Crippen LogP contribution in [0, 0.1) is 5.92 Å². The molecule has 5 heteroatoms. The van der Waals surface area contributed by atoms with Crippen molar-refractivity contribution < 1.29 is 9.90 Å². The van der Waals surface area contributed by atoms with Crippen molar-refractivity contribution in [3.8, 4) is 0 Å². The van der Waals surface area contributed by atoms with Gasteiger partial charge in [0, 0.05) is 12.4 Å². The van der Waals surface area contributed by atoms with Gasteiger partial charge in [0.15, 0.2) is 5.16 Å². The predicted octanol–water partition coefficient (Wildman–Crippen LogP) is 1.68. The van der Waals surface area contributed by atoms with Crippen LogP contribution in [-0.4, -0.2) is 26.3 Å². The molecule has 76 valence electrons. The largest absolute Gasteiger partial charge is 0.480 e. The van der Waals surface area contributed by atoms with Gasteiger partial charge in [-0.1, -0.05) is 25.6 Å². The summed E-state index contributed by atoms with van der Waals surface area (Å²) in [6.45, 7) is 3.74. The summed E-state index contributed by atoms with van der Waals surface area (Å²) in [4.78, 5) is 18.8. The first-order valence-corrected chi connectivity index (χ1v) is 5.15. The molecule has 4 nitrogen and oxygen atoms in total. The zero-order valence-electron chi connectivity index (χ0n) is 8.04. The van der Waals surface area contributed by atoms with E-state index < -0.39 is 11.2 Å². The van der Waals surface area contributed by atoms with Gasteiger partial charge >= 0.3 is 5.97 Å². The van der Waals surface area contributed by atoms with Crippen LogP contribution in [0.1, 0.15) is 13.8 Å². The van der Waals surface area contributed by atoms with Gasteiger partial charge in [-0.25, -0.2) is 9.97 Å². The summed E-state index contributed by atoms with van der Waals surface area (Å²) < 4.78 is 0. The van der Waals surface area contributed by atoms with Crippen molar-refractivity contribution in [2.75, 3.05) is 0 Å². The Morgan fingerprint density at radius 3 is 2.43 bits per heavy atom. The van der Waals surface area contributed by atoms with E-state index >= 15 is 0 Å². The number of hydrogen-bond donors (Lipinski definition) is 1. The number of thioether (sulfide) groups is 1. The summed E-state index contributed by atoms with van der Waals surface area (Å²) in [5.74, 6) is -0.765. The van der Waals surface area contributed by atoms with Crippen LogP contribution in [-0.2, 0) is 4.79 Å². The highest BCUT2D eigenvalue weighted by molar-refractivity contribution is 8.00. The molecule has 0 fully saturated rings. The lowest BCUT2D eigenvalue weighted by Gasteiger charge is -2.13. The van der Waals surface area contributed by atoms with Crippen molar-refractivity contribution in [3.05, 3.63) is 18.5 Å². The third kappa shape index (κ3) is 2.99. The van der Waals surface area contributed by atoms with Gasteiger partial charge in [-0.3, -0.25) is 4.79 Å². The van der Waals surface area contributed by atoms with E-state index in [4.69, 9.17) is 5.11 Å². The Hall–Kier alpha value is -1.10. The molecule has 0 spiro atoms. The Kier molecular flexibility index (Phi) is 3.88. The second-order valence-electron chi connectivity index (χ2n) is 3.15. The number of aromatic nitrogens is 2. The maximum absolute atomic E-state index is 10.9. The summed E-state index contributed by atoms with van der Waals surface area (Å²) in [6.07, 6.45) is 3.21. The Labute approximate surface area is 86.8 Å². The molecule has 0 aliphatic heterocycles. The predicted molar refractivity (Wildman–Crippen MR) is 54.2 cm³/mol. The molecule has 0 amide bonds. The van der Waals surface area contributed by atoms with Crippen LogP contribution in [0.3, 0.4) is 0 Å². The van der Waals surface area contributed by atoms with Crippen molar-refractivity contribution in [1.29, 1.82) is 0 Å². The molecule has 0 saturated carbocycles. The summed E-state index contributed by atoms with van der Waals surface area (Å²) in [6, 6.07) is 1.70. The minimum absolute atomic E-state index is 0.0568. The van der Waals surface area contributed by atoms with E-state index in [0.717, 1.165) is 0 Å². The highest BCUT2D eigenvalue weighted by atomic mass is 32.2. The Bertz CT molecular complexity index is 303. The van der Waals surface area contributed by atoms with Crippen LogP contribution in [0.5, 0.6) is 0 Å². The second kappa shape index (κ2) is 4.95. The van der Waals surface area contributed by atoms with E-state index in [2.05, 4.69) is 9.97 Å². The minimum atomic E-state index is -0.822. The van der Waals surface area contributed by atoms with E-state index in [9.17, 15) is 4.79 Å². The molecule has 1 rings (SSSR count). The summed E-state index contributed by atoms with van der Waals surface area (Å²) in [7, 11) is 0. The molecular formula is C9H12N2O2S. The maximum Gasteiger partial charge on any atom is 0.317 e. The van der Waals surface area contributed by atoms with Crippen LogP contribution in [0.15, 0.2) is 23.6 Å². The molecule has 14 heavy (non-hydrogen) atoms. The molecule has 1 N–H and O–H groups in total. The lowest BCUT2D eigenvalue weighted by atomic mass is 10.1. The minimum Gasteiger partial charge on any atom is -0.480 e. The number of carboxylic acids is 1. The van der Waals surface area contributed by atoms with Crippen molar-refractivity contribution >= 4 is 17.7 Å². The first kappa shape index (κ1) is 11.0. The van der Waals surface area contributed by atoms with E-state index in [1.54, 1.807) is 18.5 Å². The zero-order chi connectivity index (χ0) is 10.6. The molecule has 0 saturated heterocycles. The fraction of sp³-hybridized carbons (Fsp3) is 0.444. The number of rotatable bonds is 4. The van der Waals surface area contributed by atoms with Crippen LogP contribution in [0.4, 0.5) is 0 Å². The molecule has 1 heterocycles. The first-order chi connectivity index (χ1) is 6.61. The first-order valence-electron chi connectivity index (χ1n) is 4.27. The molecule has 1 aromatic heterocycles. The van der Waals surface area contributed by atoms with Gasteiger partial charge in [-0.15, -0.1) is 0 Å². The van der Waals surface area contributed by atoms with Crippen molar-refractivity contribution in [3.63, 3.8) is 0 Å². The van der Waals surface area contributed by atoms with E-state index in [0.29, 0.717) is 5.16 Å². The van der Waals surface area contributed by atoms with E-state index in [1.165, 1.54) is 11.8 Å². The van der Waals surface area contributed by atoms with Gasteiger partial charge in [-0.2, -0.15) is 0 Å². The van der Waals surface area contributed by atoms with Gasteiger partial charge < -0.3 is 5.11 Å². The fourth-order valence-corrected chi connectivity index (χ4v) is 1.78. The third-order valence-electron chi connectivity index (χ3n) is 1.62. The molecule has 0 radical (unpaired) electrons. The zero-order valence-corrected chi connectivity index (χ0v) is 8.86. The molecule has 1 atom stereocenters. The lowest BCUT2D eigenvalue weighted by molar-refractivity contribution is -0.137. The number of carboxylic acid groups (broad SMARTS) is 1. The highest BCUT2D eigenvalue weighted by Gasteiger charge is 2.23. The molecule has 0 aromatic carbocycles. The average Bonchev–Trinajstić information content (AvgIpc) is 2.15. The monoisotopic (exact) mass is 212 g/mol. The van der Waals surface area contributed by atoms with Crippen molar-refractivity contribution in [2.24, 2.45) is 5.92 Å². The van der Waals surface area contributed by atoms with Crippen molar-refractivity contribution in [2.45, 2.75) is 24.3 Å². The Morgan fingerprint density at radius 1 is 1.43 bits per heavy atom. The van der Waals surface area contributed by atoms with Crippen LogP contribution in [0.2, 0.25) is 0 Å². The highest BCUT2D eigenvalue weighted by Crippen LogP contribution is 2.24. The smallest absolute Gasteiger partial charge is 0.317 e. The molecule has 1 aromatic rings. The summed E-state index contributed by atoms with van der Waals surface area (Å²) in [5.41, 5.74) is 0. The van der Waals surface area contributed by atoms with Gasteiger partial charge in [0.05, 0.1) is 0 Å². The van der Waals surface area contributed by atoms with E-state index in [1.807, 2.05) is 13.8 Å².